The number of aryl methyl sites for hydroxylation is 1. The van der Waals surface area contributed by atoms with Crippen LogP contribution in [0, 0.1) is 5.92 Å². The minimum absolute atomic E-state index is 0.0609. The van der Waals surface area contributed by atoms with Gasteiger partial charge in [-0.15, -0.1) is 0 Å². The fourth-order valence-corrected chi connectivity index (χ4v) is 3.27. The van der Waals surface area contributed by atoms with Crippen LogP contribution in [0.1, 0.15) is 44.7 Å². The zero-order valence-corrected chi connectivity index (χ0v) is 12.0. The summed E-state index contributed by atoms with van der Waals surface area (Å²) >= 11 is 6.04. The molecule has 1 aliphatic rings. The van der Waals surface area contributed by atoms with Crippen molar-refractivity contribution < 1.29 is 18.3 Å². The van der Waals surface area contributed by atoms with Crippen LogP contribution >= 0.6 is 11.6 Å². The van der Waals surface area contributed by atoms with Crippen LogP contribution in [0.3, 0.4) is 0 Å². The van der Waals surface area contributed by atoms with Crippen LogP contribution in [0.25, 0.3) is 0 Å². The Balaban J connectivity index is 2.32. The fourth-order valence-electron chi connectivity index (χ4n) is 2.95. The average Bonchev–Trinajstić information content (AvgIpc) is 2.71. The number of aliphatic hydroxyl groups is 1. The quantitative estimate of drug-likeness (QED) is 0.920. The standard InChI is InChI=1S/C13H18ClF3N2O/c1-2-6-19-11(10(14)8-18-19)12(20)5-3-4-9(7-12)13(15,16)17/h8-9,20H,2-7H2,1H3. The van der Waals surface area contributed by atoms with E-state index >= 15 is 0 Å². The number of alkyl halides is 3. The smallest absolute Gasteiger partial charge is 0.383 e. The van der Waals surface area contributed by atoms with E-state index in [1.165, 1.54) is 10.9 Å². The Morgan fingerprint density at radius 1 is 1.55 bits per heavy atom. The van der Waals surface area contributed by atoms with Crippen LogP contribution < -0.4 is 0 Å². The third-order valence-electron chi connectivity index (χ3n) is 3.86. The summed E-state index contributed by atoms with van der Waals surface area (Å²) in [7, 11) is 0. The molecule has 2 atom stereocenters. The molecule has 0 bridgehead atoms. The van der Waals surface area contributed by atoms with Gasteiger partial charge in [0.1, 0.15) is 5.60 Å². The minimum atomic E-state index is -4.28. The zero-order valence-electron chi connectivity index (χ0n) is 11.3. The molecule has 1 heterocycles. The van der Waals surface area contributed by atoms with Gasteiger partial charge in [0.05, 0.1) is 22.8 Å². The second-order valence-corrected chi connectivity index (χ2v) is 5.84. The van der Waals surface area contributed by atoms with Crippen molar-refractivity contribution in [2.24, 2.45) is 5.92 Å². The van der Waals surface area contributed by atoms with E-state index < -0.39 is 17.7 Å². The van der Waals surface area contributed by atoms with Crippen molar-refractivity contribution in [2.45, 2.75) is 57.3 Å². The third kappa shape index (κ3) is 2.96. The molecule has 0 aromatic carbocycles. The van der Waals surface area contributed by atoms with Crippen molar-refractivity contribution in [3.8, 4) is 0 Å². The van der Waals surface area contributed by atoms with E-state index in [0.717, 1.165) is 6.42 Å². The summed E-state index contributed by atoms with van der Waals surface area (Å²) in [5.74, 6) is -1.48. The van der Waals surface area contributed by atoms with E-state index in [0.29, 0.717) is 18.7 Å². The van der Waals surface area contributed by atoms with Crippen LogP contribution in [-0.4, -0.2) is 21.1 Å². The Bertz CT molecular complexity index is 475. The number of halogens is 4. The highest BCUT2D eigenvalue weighted by Crippen LogP contribution is 2.47. The fraction of sp³-hybridized carbons (Fsp3) is 0.769. The molecule has 3 nitrogen and oxygen atoms in total. The summed E-state index contributed by atoms with van der Waals surface area (Å²) < 4.78 is 40.3. The molecule has 1 aromatic rings. The summed E-state index contributed by atoms with van der Waals surface area (Å²) in [4.78, 5) is 0. The monoisotopic (exact) mass is 310 g/mol. The maximum Gasteiger partial charge on any atom is 0.391 e. The molecule has 0 radical (unpaired) electrons. The van der Waals surface area contributed by atoms with E-state index in [-0.39, 0.29) is 24.3 Å². The van der Waals surface area contributed by atoms with Crippen LogP contribution in [-0.2, 0) is 12.1 Å². The van der Waals surface area contributed by atoms with Gasteiger partial charge in [-0.2, -0.15) is 18.3 Å². The molecule has 2 rings (SSSR count). The predicted molar refractivity (Wildman–Crippen MR) is 69.4 cm³/mol. The molecule has 1 saturated carbocycles. The normalized spacial score (nSPS) is 27.8. The summed E-state index contributed by atoms with van der Waals surface area (Å²) in [5.41, 5.74) is -1.21. The second kappa shape index (κ2) is 5.56. The van der Waals surface area contributed by atoms with Crippen LogP contribution in [0.15, 0.2) is 6.20 Å². The van der Waals surface area contributed by atoms with Crippen molar-refractivity contribution in [1.82, 2.24) is 9.78 Å². The summed E-state index contributed by atoms with van der Waals surface area (Å²) in [5, 5.41) is 15.0. The lowest BCUT2D eigenvalue weighted by Crippen LogP contribution is -2.40. The number of rotatable bonds is 3. The Morgan fingerprint density at radius 3 is 2.85 bits per heavy atom. The van der Waals surface area contributed by atoms with Gasteiger partial charge < -0.3 is 5.11 Å². The molecular weight excluding hydrogens is 293 g/mol. The predicted octanol–water partition coefficient (Wildman–Crippen LogP) is 3.89. The van der Waals surface area contributed by atoms with Crippen LogP contribution in [0.5, 0.6) is 0 Å². The van der Waals surface area contributed by atoms with Gasteiger partial charge in [-0.05, 0) is 32.1 Å². The number of aromatic nitrogens is 2. The maximum atomic E-state index is 12.9. The molecule has 20 heavy (non-hydrogen) atoms. The van der Waals surface area contributed by atoms with E-state index in [4.69, 9.17) is 11.6 Å². The SMILES string of the molecule is CCCn1ncc(Cl)c1C1(O)CCCC(C(F)(F)F)C1. The molecule has 0 amide bonds. The highest BCUT2D eigenvalue weighted by Gasteiger charge is 2.49. The highest BCUT2D eigenvalue weighted by molar-refractivity contribution is 6.31. The summed E-state index contributed by atoms with van der Waals surface area (Å²) in [6, 6.07) is 0. The molecule has 1 aromatic heterocycles. The molecule has 0 saturated heterocycles. The van der Waals surface area contributed by atoms with E-state index in [1.807, 2.05) is 6.92 Å². The molecule has 0 spiro atoms. The zero-order chi connectivity index (χ0) is 15.0. The van der Waals surface area contributed by atoms with Gasteiger partial charge in [-0.25, -0.2) is 0 Å². The molecule has 1 N–H and O–H groups in total. The van der Waals surface area contributed by atoms with Crippen molar-refractivity contribution >= 4 is 11.6 Å². The molecule has 1 aliphatic carbocycles. The van der Waals surface area contributed by atoms with E-state index in [1.54, 1.807) is 0 Å². The van der Waals surface area contributed by atoms with Gasteiger partial charge in [0.15, 0.2) is 0 Å². The van der Waals surface area contributed by atoms with E-state index in [2.05, 4.69) is 5.10 Å². The number of nitrogens with zero attached hydrogens (tertiary/aromatic N) is 2. The number of hydrogen-bond acceptors (Lipinski definition) is 2. The first-order chi connectivity index (χ1) is 9.28. The first-order valence-corrected chi connectivity index (χ1v) is 7.16. The lowest BCUT2D eigenvalue weighted by atomic mass is 9.76. The van der Waals surface area contributed by atoms with Gasteiger partial charge in [0.25, 0.3) is 0 Å². The Hall–Kier alpha value is -0.750. The molecule has 2 unspecified atom stereocenters. The summed E-state index contributed by atoms with van der Waals surface area (Å²) in [6.07, 6.45) is -1.79. The van der Waals surface area contributed by atoms with Crippen molar-refractivity contribution in [3.63, 3.8) is 0 Å². The lowest BCUT2D eigenvalue weighted by molar-refractivity contribution is -0.202. The minimum Gasteiger partial charge on any atom is -0.383 e. The lowest BCUT2D eigenvalue weighted by Gasteiger charge is -2.38. The molecule has 7 heteroatoms. The van der Waals surface area contributed by atoms with Gasteiger partial charge in [-0.3, -0.25) is 4.68 Å². The third-order valence-corrected chi connectivity index (χ3v) is 4.14. The molecule has 1 fully saturated rings. The summed E-state index contributed by atoms with van der Waals surface area (Å²) in [6.45, 7) is 2.46. The molecule has 114 valence electrons. The van der Waals surface area contributed by atoms with Gasteiger partial charge >= 0.3 is 6.18 Å². The topological polar surface area (TPSA) is 38.0 Å². The Morgan fingerprint density at radius 2 is 2.25 bits per heavy atom. The van der Waals surface area contributed by atoms with E-state index in [9.17, 15) is 18.3 Å². The Kier molecular flexibility index (Phi) is 4.35. The van der Waals surface area contributed by atoms with Gasteiger partial charge in [0, 0.05) is 6.54 Å². The Labute approximate surface area is 120 Å². The maximum absolute atomic E-state index is 12.9. The van der Waals surface area contributed by atoms with Crippen molar-refractivity contribution in [1.29, 1.82) is 0 Å². The molecular formula is C13H18ClF3N2O. The highest BCUT2D eigenvalue weighted by atomic mass is 35.5. The second-order valence-electron chi connectivity index (χ2n) is 5.43. The van der Waals surface area contributed by atoms with Gasteiger partial charge in [0.2, 0.25) is 0 Å². The first kappa shape index (κ1) is 15.6. The molecule has 0 aliphatic heterocycles. The average molecular weight is 311 g/mol. The largest absolute Gasteiger partial charge is 0.391 e. The van der Waals surface area contributed by atoms with Crippen LogP contribution in [0.4, 0.5) is 13.2 Å². The van der Waals surface area contributed by atoms with Crippen molar-refractivity contribution in [3.05, 3.63) is 16.9 Å². The van der Waals surface area contributed by atoms with Crippen LogP contribution in [0.2, 0.25) is 5.02 Å². The first-order valence-electron chi connectivity index (χ1n) is 6.79. The van der Waals surface area contributed by atoms with Crippen molar-refractivity contribution in [2.75, 3.05) is 0 Å². The number of hydrogen-bond donors (Lipinski definition) is 1. The van der Waals surface area contributed by atoms with Gasteiger partial charge in [-0.1, -0.05) is 18.5 Å².